The third-order valence-electron chi connectivity index (χ3n) is 7.78. The Balaban J connectivity index is 1.48. The van der Waals surface area contributed by atoms with Crippen LogP contribution in [0.2, 0.25) is 0 Å². The van der Waals surface area contributed by atoms with E-state index < -0.39 is 28.5 Å². The van der Waals surface area contributed by atoms with E-state index in [2.05, 4.69) is 21.2 Å². The number of benzene rings is 3. The van der Waals surface area contributed by atoms with Crippen molar-refractivity contribution < 1.29 is 27.5 Å². The van der Waals surface area contributed by atoms with Crippen LogP contribution in [0.4, 0.5) is 5.69 Å². The van der Waals surface area contributed by atoms with Crippen LogP contribution in [0.1, 0.15) is 44.6 Å². The van der Waals surface area contributed by atoms with Gasteiger partial charge < -0.3 is 19.7 Å². The van der Waals surface area contributed by atoms with Crippen molar-refractivity contribution in [3.8, 4) is 11.5 Å². The van der Waals surface area contributed by atoms with Crippen LogP contribution in [-0.4, -0.2) is 57.0 Å². The molecule has 1 N–H and O–H groups in total. The van der Waals surface area contributed by atoms with E-state index in [1.807, 2.05) is 24.3 Å². The SMILES string of the molecule is CC(C(=O)NC1CCCCC1)N(Cc1cccc(Br)c1)C(=O)CN(c1ccc2c(c1)OCCO2)S(=O)(=O)c1ccccc1. The van der Waals surface area contributed by atoms with Crippen LogP contribution in [0.15, 0.2) is 82.2 Å². The molecule has 1 aliphatic carbocycles. The van der Waals surface area contributed by atoms with Gasteiger partial charge in [0.2, 0.25) is 11.8 Å². The highest BCUT2D eigenvalue weighted by Crippen LogP contribution is 2.36. The van der Waals surface area contributed by atoms with Crippen molar-refractivity contribution in [2.24, 2.45) is 0 Å². The summed E-state index contributed by atoms with van der Waals surface area (Å²) in [6.07, 6.45) is 5.08. The van der Waals surface area contributed by atoms with E-state index in [0.29, 0.717) is 24.7 Å². The highest BCUT2D eigenvalue weighted by molar-refractivity contribution is 9.10. The van der Waals surface area contributed by atoms with Gasteiger partial charge in [-0.2, -0.15) is 0 Å². The lowest BCUT2D eigenvalue weighted by Crippen LogP contribution is -2.53. The first-order valence-electron chi connectivity index (χ1n) is 14.5. The molecule has 9 nitrogen and oxygen atoms in total. The molecule has 3 aromatic rings. The molecule has 11 heteroatoms. The van der Waals surface area contributed by atoms with Gasteiger partial charge >= 0.3 is 0 Å². The van der Waals surface area contributed by atoms with E-state index in [1.54, 1.807) is 43.3 Å². The standard InChI is InChI=1S/C32H36BrN3O6S/c1-23(32(38)34-26-11-4-2-5-12-26)35(21-24-9-8-10-25(33)19-24)31(37)22-36(43(39,40)28-13-6-3-7-14-28)27-15-16-29-30(20-27)42-18-17-41-29/h3,6-10,13-16,19-20,23,26H,2,4-5,11-12,17-18,21-22H2,1H3,(H,34,38). The predicted octanol–water partition coefficient (Wildman–Crippen LogP) is 5.28. The number of amides is 2. The summed E-state index contributed by atoms with van der Waals surface area (Å²) >= 11 is 3.48. The lowest BCUT2D eigenvalue weighted by atomic mass is 9.95. The van der Waals surface area contributed by atoms with Crippen LogP contribution in [0.3, 0.4) is 0 Å². The first kappa shape index (κ1) is 30.9. The molecular formula is C32H36BrN3O6S. The molecule has 1 atom stereocenters. The number of anilines is 1. The summed E-state index contributed by atoms with van der Waals surface area (Å²) in [5.74, 6) is 0.131. The lowest BCUT2D eigenvalue weighted by Gasteiger charge is -2.33. The summed E-state index contributed by atoms with van der Waals surface area (Å²) < 4.78 is 41.3. The van der Waals surface area contributed by atoms with Crippen molar-refractivity contribution in [2.75, 3.05) is 24.1 Å². The number of nitrogens with zero attached hydrogens (tertiary/aromatic N) is 2. The van der Waals surface area contributed by atoms with Gasteiger partial charge in [0.1, 0.15) is 25.8 Å². The number of nitrogens with one attached hydrogen (secondary N) is 1. The Morgan fingerprint density at radius 2 is 1.65 bits per heavy atom. The second-order valence-corrected chi connectivity index (χ2v) is 13.6. The first-order valence-corrected chi connectivity index (χ1v) is 16.8. The quantitative estimate of drug-likeness (QED) is 0.315. The minimum absolute atomic E-state index is 0.0410. The molecule has 228 valence electrons. The van der Waals surface area contributed by atoms with E-state index in [9.17, 15) is 18.0 Å². The smallest absolute Gasteiger partial charge is 0.264 e. The highest BCUT2D eigenvalue weighted by Gasteiger charge is 2.34. The highest BCUT2D eigenvalue weighted by atomic mass is 79.9. The molecule has 1 heterocycles. The monoisotopic (exact) mass is 669 g/mol. The van der Waals surface area contributed by atoms with Gasteiger partial charge in [0.15, 0.2) is 11.5 Å². The molecule has 3 aromatic carbocycles. The van der Waals surface area contributed by atoms with Gasteiger partial charge in [-0.15, -0.1) is 0 Å². The van der Waals surface area contributed by atoms with Crippen molar-refractivity contribution in [3.63, 3.8) is 0 Å². The van der Waals surface area contributed by atoms with Crippen LogP contribution >= 0.6 is 15.9 Å². The van der Waals surface area contributed by atoms with Gasteiger partial charge in [0, 0.05) is 23.1 Å². The molecule has 1 fully saturated rings. The maximum Gasteiger partial charge on any atom is 0.264 e. The Labute approximate surface area is 261 Å². The van der Waals surface area contributed by atoms with Gasteiger partial charge in [0.05, 0.1) is 10.6 Å². The third kappa shape index (κ3) is 7.51. The maximum absolute atomic E-state index is 14.2. The Kier molecular flexibility index (Phi) is 9.92. The molecule has 0 aromatic heterocycles. The molecule has 2 amide bonds. The molecule has 5 rings (SSSR count). The van der Waals surface area contributed by atoms with Gasteiger partial charge in [-0.25, -0.2) is 8.42 Å². The minimum atomic E-state index is -4.18. The number of fused-ring (bicyclic) bond motifs is 1. The summed E-state index contributed by atoms with van der Waals surface area (Å²) in [6, 6.07) is 19.5. The molecule has 0 saturated heterocycles. The number of ether oxygens (including phenoxy) is 2. The van der Waals surface area contributed by atoms with Gasteiger partial charge in [0.25, 0.3) is 10.0 Å². The number of carbonyl (C=O) groups is 2. The Bertz CT molecular complexity index is 1550. The molecule has 1 unspecified atom stereocenters. The van der Waals surface area contributed by atoms with Gasteiger partial charge in [-0.1, -0.05) is 65.5 Å². The Morgan fingerprint density at radius 3 is 2.37 bits per heavy atom. The number of halogens is 1. The van der Waals surface area contributed by atoms with Crippen molar-refractivity contribution in [1.82, 2.24) is 10.2 Å². The molecule has 2 aliphatic rings. The Hall–Kier alpha value is -3.57. The molecule has 0 spiro atoms. The van der Waals surface area contributed by atoms with E-state index in [4.69, 9.17) is 9.47 Å². The first-order chi connectivity index (χ1) is 20.7. The van der Waals surface area contributed by atoms with E-state index >= 15 is 0 Å². The zero-order valence-electron chi connectivity index (χ0n) is 24.1. The largest absolute Gasteiger partial charge is 0.486 e. The molecule has 1 saturated carbocycles. The van der Waals surface area contributed by atoms with Crippen LogP contribution in [0.5, 0.6) is 11.5 Å². The zero-order chi connectivity index (χ0) is 30.4. The van der Waals surface area contributed by atoms with Crippen molar-refractivity contribution >= 4 is 43.5 Å². The number of carbonyl (C=O) groups excluding carboxylic acids is 2. The van der Waals surface area contributed by atoms with Gasteiger partial charge in [-0.05, 0) is 61.7 Å². The van der Waals surface area contributed by atoms with E-state index in [0.717, 1.165) is 46.4 Å². The predicted molar refractivity (Wildman–Crippen MR) is 168 cm³/mol. The third-order valence-corrected chi connectivity index (χ3v) is 10.1. The molecule has 0 radical (unpaired) electrons. The number of hydrogen-bond acceptors (Lipinski definition) is 6. The van der Waals surface area contributed by atoms with E-state index in [1.165, 1.54) is 17.0 Å². The minimum Gasteiger partial charge on any atom is -0.486 e. The van der Waals surface area contributed by atoms with Crippen LogP contribution in [0.25, 0.3) is 0 Å². The average molecular weight is 671 g/mol. The van der Waals surface area contributed by atoms with Crippen molar-refractivity contribution in [1.29, 1.82) is 0 Å². The summed E-state index contributed by atoms with van der Waals surface area (Å²) in [5, 5.41) is 3.12. The van der Waals surface area contributed by atoms with Crippen molar-refractivity contribution in [2.45, 2.75) is 62.6 Å². The molecular weight excluding hydrogens is 634 g/mol. The summed E-state index contributed by atoms with van der Waals surface area (Å²) in [4.78, 5) is 29.2. The van der Waals surface area contributed by atoms with Crippen LogP contribution in [0, 0.1) is 0 Å². The maximum atomic E-state index is 14.2. The fourth-order valence-corrected chi connectivity index (χ4v) is 7.29. The second kappa shape index (κ2) is 13.8. The lowest BCUT2D eigenvalue weighted by molar-refractivity contribution is -0.139. The van der Waals surface area contributed by atoms with Crippen LogP contribution in [-0.2, 0) is 26.2 Å². The molecule has 43 heavy (non-hydrogen) atoms. The summed E-state index contributed by atoms with van der Waals surface area (Å²) in [7, 11) is -4.18. The van der Waals surface area contributed by atoms with Gasteiger partial charge in [-0.3, -0.25) is 13.9 Å². The van der Waals surface area contributed by atoms with E-state index in [-0.39, 0.29) is 29.1 Å². The van der Waals surface area contributed by atoms with Crippen molar-refractivity contribution in [3.05, 3.63) is 82.8 Å². The summed E-state index contributed by atoms with van der Waals surface area (Å²) in [5.41, 5.74) is 1.06. The fraction of sp³-hybridized carbons (Fsp3) is 0.375. The number of sulfonamides is 1. The zero-order valence-corrected chi connectivity index (χ0v) is 26.5. The van der Waals surface area contributed by atoms with Crippen LogP contribution < -0.4 is 19.1 Å². The average Bonchev–Trinajstić information content (AvgIpc) is 3.02. The number of hydrogen-bond donors (Lipinski definition) is 1. The normalized spacial score (nSPS) is 15.8. The fourth-order valence-electron chi connectivity index (χ4n) is 5.42. The molecule has 0 bridgehead atoms. The topological polar surface area (TPSA) is 105 Å². The second-order valence-electron chi connectivity index (χ2n) is 10.8. The Morgan fingerprint density at radius 1 is 0.930 bits per heavy atom. The number of rotatable bonds is 10. The molecule has 1 aliphatic heterocycles. The summed E-state index contributed by atoms with van der Waals surface area (Å²) in [6.45, 7) is 2.01.